The Morgan fingerprint density at radius 1 is 1.42 bits per heavy atom. The average Bonchev–Trinajstić information content (AvgIpc) is 3.16. The molecule has 0 unspecified atom stereocenters. The highest BCUT2D eigenvalue weighted by Crippen LogP contribution is 2.37. The van der Waals surface area contributed by atoms with Crippen LogP contribution in [0.3, 0.4) is 0 Å². The lowest BCUT2D eigenvalue weighted by Gasteiger charge is -2.15. The van der Waals surface area contributed by atoms with Crippen LogP contribution in [-0.4, -0.2) is 26.1 Å². The van der Waals surface area contributed by atoms with Crippen LogP contribution in [0.15, 0.2) is 17.3 Å². The highest BCUT2D eigenvalue weighted by molar-refractivity contribution is 5.49. The Balaban J connectivity index is 1.85. The monoisotopic (exact) mass is 258 g/mol. The van der Waals surface area contributed by atoms with E-state index in [1.165, 1.54) is 12.8 Å². The van der Waals surface area contributed by atoms with Gasteiger partial charge in [0.1, 0.15) is 5.69 Å². The van der Waals surface area contributed by atoms with Crippen LogP contribution >= 0.6 is 0 Å². The van der Waals surface area contributed by atoms with Crippen molar-refractivity contribution in [3.63, 3.8) is 0 Å². The van der Waals surface area contributed by atoms with E-state index in [1.807, 2.05) is 6.33 Å². The van der Waals surface area contributed by atoms with E-state index in [-0.39, 0.29) is 5.56 Å². The van der Waals surface area contributed by atoms with Gasteiger partial charge in [0.2, 0.25) is 0 Å². The number of nitrogens with one attached hydrogen (secondary N) is 1. The largest absolute Gasteiger partial charge is 0.376 e. The standard InChI is InChI=1S/C13H14N4O2/c18-13-9-6-19-4-3-10(9)15-12(16-13)11-5-14-7-17(11)8-1-2-8/h5,7-8H,1-4,6H2,(H,15,16,18). The van der Waals surface area contributed by atoms with Gasteiger partial charge in [0, 0.05) is 12.5 Å². The smallest absolute Gasteiger partial charge is 0.256 e. The molecule has 4 rings (SSSR count). The van der Waals surface area contributed by atoms with E-state index in [0.29, 0.717) is 37.1 Å². The minimum absolute atomic E-state index is 0.0942. The van der Waals surface area contributed by atoms with Crippen LogP contribution in [0.4, 0.5) is 0 Å². The number of nitrogens with zero attached hydrogens (tertiary/aromatic N) is 3. The Morgan fingerprint density at radius 2 is 2.32 bits per heavy atom. The van der Waals surface area contributed by atoms with Crippen molar-refractivity contribution >= 4 is 0 Å². The lowest BCUT2D eigenvalue weighted by molar-refractivity contribution is 0.108. The first-order chi connectivity index (χ1) is 9.33. The Bertz CT molecular complexity index is 684. The maximum Gasteiger partial charge on any atom is 0.256 e. The Labute approximate surface area is 109 Å². The normalized spacial score (nSPS) is 18.3. The summed E-state index contributed by atoms with van der Waals surface area (Å²) >= 11 is 0. The predicted molar refractivity (Wildman–Crippen MR) is 67.7 cm³/mol. The molecule has 0 spiro atoms. The second kappa shape index (κ2) is 4.03. The number of fused-ring (bicyclic) bond motifs is 1. The van der Waals surface area contributed by atoms with E-state index >= 15 is 0 Å². The molecule has 6 nitrogen and oxygen atoms in total. The van der Waals surface area contributed by atoms with E-state index < -0.39 is 0 Å². The van der Waals surface area contributed by atoms with Gasteiger partial charge in [-0.1, -0.05) is 0 Å². The molecule has 1 N–H and O–H groups in total. The van der Waals surface area contributed by atoms with Crippen molar-refractivity contribution < 1.29 is 4.74 Å². The van der Waals surface area contributed by atoms with Gasteiger partial charge in [-0.2, -0.15) is 0 Å². The van der Waals surface area contributed by atoms with E-state index in [9.17, 15) is 4.79 Å². The molecule has 1 fully saturated rings. The minimum atomic E-state index is -0.0942. The van der Waals surface area contributed by atoms with Gasteiger partial charge in [-0.05, 0) is 12.8 Å². The molecule has 2 aromatic rings. The van der Waals surface area contributed by atoms with Crippen LogP contribution in [0.1, 0.15) is 30.1 Å². The second-order valence-electron chi connectivity index (χ2n) is 5.06. The molecule has 0 radical (unpaired) electrons. The Morgan fingerprint density at radius 3 is 3.16 bits per heavy atom. The van der Waals surface area contributed by atoms with Gasteiger partial charge in [0.15, 0.2) is 5.82 Å². The SMILES string of the molecule is O=c1[nH]c(-c2cncn2C2CC2)nc2c1COCC2. The van der Waals surface area contributed by atoms with Crippen molar-refractivity contribution in [3.05, 3.63) is 34.1 Å². The van der Waals surface area contributed by atoms with Crippen molar-refractivity contribution in [3.8, 4) is 11.5 Å². The maximum absolute atomic E-state index is 12.1. The first-order valence-corrected chi connectivity index (χ1v) is 6.55. The zero-order valence-electron chi connectivity index (χ0n) is 10.4. The third-order valence-corrected chi connectivity index (χ3v) is 3.68. The van der Waals surface area contributed by atoms with Gasteiger partial charge in [0.25, 0.3) is 5.56 Å². The first kappa shape index (κ1) is 10.9. The molecule has 0 amide bonds. The highest BCUT2D eigenvalue weighted by Gasteiger charge is 2.27. The van der Waals surface area contributed by atoms with E-state index in [4.69, 9.17) is 4.74 Å². The minimum Gasteiger partial charge on any atom is -0.376 e. The number of rotatable bonds is 2. The summed E-state index contributed by atoms with van der Waals surface area (Å²) in [6, 6.07) is 0.516. The van der Waals surface area contributed by atoms with Crippen LogP contribution in [0, 0.1) is 0 Å². The lowest BCUT2D eigenvalue weighted by atomic mass is 10.1. The van der Waals surface area contributed by atoms with Crippen LogP contribution in [0.5, 0.6) is 0 Å². The summed E-state index contributed by atoms with van der Waals surface area (Å²) in [5.74, 6) is 0.620. The zero-order chi connectivity index (χ0) is 12.8. The van der Waals surface area contributed by atoms with Gasteiger partial charge in [-0.15, -0.1) is 0 Å². The molecule has 1 aliphatic carbocycles. The molecule has 0 aromatic carbocycles. The zero-order valence-corrected chi connectivity index (χ0v) is 10.4. The quantitative estimate of drug-likeness (QED) is 0.873. The van der Waals surface area contributed by atoms with Crippen molar-refractivity contribution in [1.29, 1.82) is 0 Å². The van der Waals surface area contributed by atoms with Crippen molar-refractivity contribution in [2.75, 3.05) is 6.61 Å². The van der Waals surface area contributed by atoms with E-state index in [2.05, 4.69) is 19.5 Å². The molecule has 1 saturated carbocycles. The molecule has 3 heterocycles. The van der Waals surface area contributed by atoms with Gasteiger partial charge in [-0.25, -0.2) is 9.97 Å². The molecule has 19 heavy (non-hydrogen) atoms. The van der Waals surface area contributed by atoms with Gasteiger partial charge in [-0.3, -0.25) is 4.79 Å². The molecular weight excluding hydrogens is 244 g/mol. The van der Waals surface area contributed by atoms with Gasteiger partial charge >= 0.3 is 0 Å². The first-order valence-electron chi connectivity index (χ1n) is 6.55. The number of hydrogen-bond acceptors (Lipinski definition) is 4. The Hall–Kier alpha value is -1.95. The third-order valence-electron chi connectivity index (χ3n) is 3.68. The maximum atomic E-state index is 12.1. The van der Waals surface area contributed by atoms with Gasteiger partial charge < -0.3 is 14.3 Å². The number of H-pyrrole nitrogens is 1. The summed E-state index contributed by atoms with van der Waals surface area (Å²) in [4.78, 5) is 23.7. The van der Waals surface area contributed by atoms with Crippen molar-refractivity contribution in [2.24, 2.45) is 0 Å². The summed E-state index contributed by atoms with van der Waals surface area (Å²) in [6.07, 6.45) is 6.63. The summed E-state index contributed by atoms with van der Waals surface area (Å²) < 4.78 is 7.40. The fourth-order valence-corrected chi connectivity index (χ4v) is 2.50. The number of hydrogen-bond donors (Lipinski definition) is 1. The van der Waals surface area contributed by atoms with Crippen LogP contribution in [0.25, 0.3) is 11.5 Å². The van der Waals surface area contributed by atoms with E-state index in [0.717, 1.165) is 11.4 Å². The van der Waals surface area contributed by atoms with Crippen molar-refractivity contribution in [1.82, 2.24) is 19.5 Å². The summed E-state index contributed by atoms with van der Waals surface area (Å²) in [7, 11) is 0. The predicted octanol–water partition coefficient (Wildman–Crippen LogP) is 1.04. The molecule has 2 aromatic heterocycles. The number of aromatic amines is 1. The highest BCUT2D eigenvalue weighted by atomic mass is 16.5. The van der Waals surface area contributed by atoms with Crippen LogP contribution in [0.2, 0.25) is 0 Å². The van der Waals surface area contributed by atoms with Crippen LogP contribution in [-0.2, 0) is 17.8 Å². The lowest BCUT2D eigenvalue weighted by Crippen LogP contribution is -2.24. The molecular formula is C13H14N4O2. The molecule has 2 aliphatic rings. The Kier molecular flexibility index (Phi) is 2.32. The number of ether oxygens (including phenoxy) is 1. The van der Waals surface area contributed by atoms with Crippen molar-refractivity contribution in [2.45, 2.75) is 31.9 Å². The topological polar surface area (TPSA) is 72.8 Å². The molecule has 6 heteroatoms. The van der Waals surface area contributed by atoms with Crippen LogP contribution < -0.4 is 5.56 Å². The summed E-state index contributed by atoms with van der Waals surface area (Å²) in [5, 5.41) is 0. The number of aromatic nitrogens is 4. The number of imidazole rings is 1. The fraction of sp³-hybridized carbons (Fsp3) is 0.462. The molecule has 0 bridgehead atoms. The molecule has 0 atom stereocenters. The molecule has 0 saturated heterocycles. The second-order valence-corrected chi connectivity index (χ2v) is 5.06. The molecule has 1 aliphatic heterocycles. The fourth-order valence-electron chi connectivity index (χ4n) is 2.50. The molecule has 98 valence electrons. The summed E-state index contributed by atoms with van der Waals surface area (Å²) in [5.41, 5.74) is 2.32. The third kappa shape index (κ3) is 1.79. The average molecular weight is 258 g/mol. The summed E-state index contributed by atoms with van der Waals surface area (Å²) in [6.45, 7) is 0.991. The van der Waals surface area contributed by atoms with E-state index in [1.54, 1.807) is 6.20 Å². The van der Waals surface area contributed by atoms with Gasteiger partial charge in [0.05, 0.1) is 37.0 Å².